The van der Waals surface area contributed by atoms with Gasteiger partial charge in [0.1, 0.15) is 28.9 Å². The van der Waals surface area contributed by atoms with Crippen LogP contribution in [0, 0.1) is 28.4 Å². The van der Waals surface area contributed by atoms with Crippen molar-refractivity contribution in [3.05, 3.63) is 51.1 Å². The van der Waals surface area contributed by atoms with Crippen molar-refractivity contribution in [3.63, 3.8) is 0 Å². The monoisotopic (exact) mass is 302 g/mol. The van der Waals surface area contributed by atoms with Gasteiger partial charge in [-0.3, -0.25) is 10.1 Å². The minimum absolute atomic E-state index is 0.0437. The molecule has 0 spiro atoms. The van der Waals surface area contributed by atoms with E-state index in [9.17, 15) is 15.4 Å². The zero-order chi connectivity index (χ0) is 16.1. The molecule has 2 rings (SSSR count). The topological polar surface area (TPSA) is 114 Å². The second kappa shape index (κ2) is 6.69. The Bertz CT molecular complexity index is 719. The number of ether oxygens (including phenoxy) is 1. The molecule has 0 aromatic carbocycles. The zero-order valence-electron chi connectivity index (χ0n) is 12.1. The number of nitrogens with zero attached hydrogens (tertiary/aromatic N) is 3. The van der Waals surface area contributed by atoms with Gasteiger partial charge in [0.05, 0.1) is 29.9 Å². The van der Waals surface area contributed by atoms with Gasteiger partial charge in [-0.05, 0) is 19.1 Å². The summed E-state index contributed by atoms with van der Waals surface area (Å²) in [6, 6.07) is 5.48. The van der Waals surface area contributed by atoms with Crippen LogP contribution in [0.4, 0.5) is 11.5 Å². The second-order valence-electron chi connectivity index (χ2n) is 4.48. The number of hydrogen-bond donors (Lipinski definition) is 1. The molecule has 0 amide bonds. The fourth-order valence-corrected chi connectivity index (χ4v) is 2.12. The summed E-state index contributed by atoms with van der Waals surface area (Å²) in [5, 5.41) is 23.5. The van der Waals surface area contributed by atoms with Crippen molar-refractivity contribution in [2.24, 2.45) is 0 Å². The van der Waals surface area contributed by atoms with Crippen molar-refractivity contribution < 1.29 is 14.1 Å². The summed E-state index contributed by atoms with van der Waals surface area (Å²) < 4.78 is 10.2. The number of aromatic nitrogens is 1. The Hall–Kier alpha value is -2.92. The first kappa shape index (κ1) is 15.5. The number of aryl methyl sites for hydroxylation is 1. The van der Waals surface area contributed by atoms with Crippen molar-refractivity contribution in [2.75, 3.05) is 12.4 Å². The SMILES string of the molecule is COCc1c(C#N)c(NCc2ccco2)nc(C)c1[N+](=O)[O-]. The summed E-state index contributed by atoms with van der Waals surface area (Å²) in [7, 11) is 1.41. The quantitative estimate of drug-likeness (QED) is 0.644. The number of anilines is 1. The molecule has 0 bridgehead atoms. The largest absolute Gasteiger partial charge is 0.467 e. The Balaban J connectivity index is 2.45. The Morgan fingerprint density at radius 1 is 1.59 bits per heavy atom. The minimum atomic E-state index is -0.548. The molecular formula is C14H14N4O4. The van der Waals surface area contributed by atoms with Crippen LogP contribution in [0.3, 0.4) is 0 Å². The first-order valence-corrected chi connectivity index (χ1v) is 6.41. The van der Waals surface area contributed by atoms with Gasteiger partial charge in [-0.25, -0.2) is 4.98 Å². The van der Waals surface area contributed by atoms with Crippen LogP contribution in [-0.2, 0) is 17.9 Å². The number of hydrogen-bond acceptors (Lipinski definition) is 7. The molecule has 2 aromatic heterocycles. The zero-order valence-corrected chi connectivity index (χ0v) is 12.1. The fourth-order valence-electron chi connectivity index (χ4n) is 2.12. The first-order valence-electron chi connectivity index (χ1n) is 6.41. The Morgan fingerprint density at radius 3 is 2.91 bits per heavy atom. The van der Waals surface area contributed by atoms with E-state index in [2.05, 4.69) is 10.3 Å². The maximum absolute atomic E-state index is 11.2. The highest BCUT2D eigenvalue weighted by Crippen LogP contribution is 2.30. The van der Waals surface area contributed by atoms with Crippen LogP contribution in [0.2, 0.25) is 0 Å². The molecule has 114 valence electrons. The van der Waals surface area contributed by atoms with Crippen LogP contribution in [0.1, 0.15) is 22.6 Å². The van der Waals surface area contributed by atoms with Crippen LogP contribution in [0.15, 0.2) is 22.8 Å². The van der Waals surface area contributed by atoms with Crippen LogP contribution in [0.25, 0.3) is 0 Å². The smallest absolute Gasteiger partial charge is 0.297 e. The number of rotatable bonds is 6. The highest BCUT2D eigenvalue weighted by molar-refractivity contribution is 5.64. The van der Waals surface area contributed by atoms with Gasteiger partial charge in [-0.15, -0.1) is 0 Å². The van der Waals surface area contributed by atoms with Gasteiger partial charge in [0.2, 0.25) is 0 Å². The Morgan fingerprint density at radius 2 is 2.36 bits per heavy atom. The number of nitro groups is 1. The molecule has 0 radical (unpaired) electrons. The molecule has 0 saturated carbocycles. The maximum atomic E-state index is 11.2. The third kappa shape index (κ3) is 3.05. The Labute approximate surface area is 126 Å². The molecule has 22 heavy (non-hydrogen) atoms. The number of nitrogens with one attached hydrogen (secondary N) is 1. The van der Waals surface area contributed by atoms with Crippen molar-refractivity contribution in [2.45, 2.75) is 20.1 Å². The molecule has 2 heterocycles. The van der Waals surface area contributed by atoms with E-state index in [-0.39, 0.29) is 34.9 Å². The van der Waals surface area contributed by atoms with Gasteiger partial charge in [0, 0.05) is 7.11 Å². The highest BCUT2D eigenvalue weighted by atomic mass is 16.6. The average Bonchev–Trinajstić information content (AvgIpc) is 2.98. The molecule has 0 saturated heterocycles. The summed E-state index contributed by atoms with van der Waals surface area (Å²) in [6.07, 6.45) is 1.53. The first-order chi connectivity index (χ1) is 10.6. The van der Waals surface area contributed by atoms with Crippen LogP contribution >= 0.6 is 0 Å². The van der Waals surface area contributed by atoms with Crippen molar-refractivity contribution in [3.8, 4) is 6.07 Å². The van der Waals surface area contributed by atoms with Gasteiger partial charge >= 0.3 is 0 Å². The van der Waals surface area contributed by atoms with E-state index in [1.807, 2.05) is 6.07 Å². The van der Waals surface area contributed by atoms with E-state index in [1.54, 1.807) is 12.1 Å². The Kier molecular flexibility index (Phi) is 4.70. The number of methoxy groups -OCH3 is 1. The molecule has 8 heteroatoms. The predicted octanol–water partition coefficient (Wildman–Crippen LogP) is 2.52. The van der Waals surface area contributed by atoms with Crippen molar-refractivity contribution in [1.29, 1.82) is 5.26 Å². The van der Waals surface area contributed by atoms with E-state index in [0.29, 0.717) is 12.3 Å². The predicted molar refractivity (Wildman–Crippen MR) is 77.1 cm³/mol. The molecule has 0 aliphatic rings. The van der Waals surface area contributed by atoms with E-state index in [0.717, 1.165) is 0 Å². The molecule has 2 aromatic rings. The number of pyridine rings is 1. The molecule has 0 atom stereocenters. The normalized spacial score (nSPS) is 10.2. The van der Waals surface area contributed by atoms with E-state index >= 15 is 0 Å². The third-order valence-electron chi connectivity index (χ3n) is 3.04. The van der Waals surface area contributed by atoms with Crippen LogP contribution in [0.5, 0.6) is 0 Å². The van der Waals surface area contributed by atoms with Crippen LogP contribution in [-0.4, -0.2) is 17.0 Å². The summed E-state index contributed by atoms with van der Waals surface area (Å²) in [4.78, 5) is 14.8. The molecule has 0 unspecified atom stereocenters. The van der Waals surface area contributed by atoms with Gasteiger partial charge in [0.15, 0.2) is 0 Å². The number of furan rings is 1. The van der Waals surface area contributed by atoms with Gasteiger partial charge < -0.3 is 14.5 Å². The molecule has 0 aliphatic carbocycles. The van der Waals surface area contributed by atoms with Gasteiger partial charge in [-0.1, -0.05) is 0 Å². The molecule has 8 nitrogen and oxygen atoms in total. The van der Waals surface area contributed by atoms with Gasteiger partial charge in [0.25, 0.3) is 5.69 Å². The highest BCUT2D eigenvalue weighted by Gasteiger charge is 2.25. The third-order valence-corrected chi connectivity index (χ3v) is 3.04. The minimum Gasteiger partial charge on any atom is -0.467 e. The second-order valence-corrected chi connectivity index (χ2v) is 4.48. The van der Waals surface area contributed by atoms with Gasteiger partial charge in [-0.2, -0.15) is 5.26 Å². The van der Waals surface area contributed by atoms with Crippen LogP contribution < -0.4 is 5.32 Å². The number of nitriles is 1. The maximum Gasteiger partial charge on any atom is 0.297 e. The van der Waals surface area contributed by atoms with E-state index in [1.165, 1.54) is 20.3 Å². The lowest BCUT2D eigenvalue weighted by Crippen LogP contribution is -2.10. The van der Waals surface area contributed by atoms with E-state index in [4.69, 9.17) is 9.15 Å². The molecule has 1 N–H and O–H groups in total. The fraction of sp³-hybridized carbons (Fsp3) is 0.286. The average molecular weight is 302 g/mol. The van der Waals surface area contributed by atoms with E-state index < -0.39 is 4.92 Å². The summed E-state index contributed by atoms with van der Waals surface area (Å²) >= 11 is 0. The van der Waals surface area contributed by atoms with Crippen molar-refractivity contribution in [1.82, 2.24) is 4.98 Å². The molecule has 0 fully saturated rings. The summed E-state index contributed by atoms with van der Waals surface area (Å²) in [5.74, 6) is 0.934. The van der Waals surface area contributed by atoms with Crippen molar-refractivity contribution >= 4 is 11.5 Å². The lowest BCUT2D eigenvalue weighted by Gasteiger charge is -2.12. The lowest BCUT2D eigenvalue weighted by atomic mass is 10.1. The standard InChI is InChI=1S/C14H14N4O4/c1-9-13(18(19)20)12(8-21-2)11(6-15)14(17-9)16-7-10-4-3-5-22-10/h3-5H,7-8H2,1-2H3,(H,16,17). The summed E-state index contributed by atoms with van der Waals surface area (Å²) in [6.45, 7) is 1.80. The lowest BCUT2D eigenvalue weighted by molar-refractivity contribution is -0.386. The molecule has 0 aliphatic heterocycles. The molecular weight excluding hydrogens is 288 g/mol. The summed E-state index contributed by atoms with van der Waals surface area (Å²) in [5.41, 5.74) is 0.343.